The van der Waals surface area contributed by atoms with Crippen molar-refractivity contribution in [2.45, 2.75) is 38.1 Å². The summed E-state index contributed by atoms with van der Waals surface area (Å²) in [4.78, 5) is 14.8. The molecule has 2 fully saturated rings. The smallest absolute Gasteiger partial charge is 0.176 e. The lowest BCUT2D eigenvalue weighted by Crippen LogP contribution is -2.38. The molecule has 3 rings (SSSR count). The zero-order chi connectivity index (χ0) is 14.1. The molecule has 1 saturated carbocycles. The molecule has 2 nitrogen and oxygen atoms in total. The summed E-state index contributed by atoms with van der Waals surface area (Å²) >= 11 is 11.9. The van der Waals surface area contributed by atoms with E-state index in [9.17, 15) is 4.79 Å². The molecule has 1 aromatic carbocycles. The number of nitrogens with zero attached hydrogens (tertiary/aromatic N) is 1. The number of Topliss-reactive ketones (excluding diaryl/α,β-unsaturated/α-hetero) is 1. The highest BCUT2D eigenvalue weighted by atomic mass is 35.5. The number of carbonyl (C=O) groups is 1. The predicted molar refractivity (Wildman–Crippen MR) is 82.7 cm³/mol. The summed E-state index contributed by atoms with van der Waals surface area (Å²) in [7, 11) is 0. The number of hydrogen-bond acceptors (Lipinski definition) is 2. The summed E-state index contributed by atoms with van der Waals surface area (Å²) in [5.41, 5.74) is 0.665. The van der Waals surface area contributed by atoms with E-state index in [2.05, 4.69) is 4.90 Å². The van der Waals surface area contributed by atoms with Crippen molar-refractivity contribution in [1.29, 1.82) is 0 Å². The van der Waals surface area contributed by atoms with Gasteiger partial charge in [-0.2, -0.15) is 0 Å². The topological polar surface area (TPSA) is 20.3 Å². The lowest BCUT2D eigenvalue weighted by Gasteiger charge is -2.31. The van der Waals surface area contributed by atoms with Crippen LogP contribution >= 0.6 is 23.2 Å². The van der Waals surface area contributed by atoms with Crippen LogP contribution in [0.5, 0.6) is 0 Å². The molecule has 20 heavy (non-hydrogen) atoms. The normalized spacial score (nSPS) is 26.5. The Bertz CT molecular complexity index is 517. The van der Waals surface area contributed by atoms with Gasteiger partial charge in [-0.05, 0) is 49.9 Å². The molecule has 0 bridgehead atoms. The van der Waals surface area contributed by atoms with Gasteiger partial charge in [0.15, 0.2) is 5.78 Å². The van der Waals surface area contributed by atoms with Crippen molar-refractivity contribution < 1.29 is 4.79 Å². The molecule has 2 atom stereocenters. The number of likely N-dealkylation sites (tertiary alicyclic amines) is 1. The third-order valence-corrected chi connectivity index (χ3v) is 5.45. The fourth-order valence-corrected chi connectivity index (χ4v) is 3.94. The Morgan fingerprint density at radius 2 is 1.95 bits per heavy atom. The third-order valence-electron chi connectivity index (χ3n) is 4.71. The Morgan fingerprint density at radius 1 is 1.15 bits per heavy atom. The van der Waals surface area contributed by atoms with Crippen LogP contribution in [0.1, 0.15) is 42.5 Å². The largest absolute Gasteiger partial charge is 0.293 e. The number of rotatable bonds is 3. The fraction of sp³-hybridized carbons (Fsp3) is 0.562. The molecule has 1 aliphatic carbocycles. The molecule has 1 aromatic rings. The van der Waals surface area contributed by atoms with Gasteiger partial charge in [-0.1, -0.05) is 36.0 Å². The average molecular weight is 312 g/mol. The molecule has 0 amide bonds. The summed E-state index contributed by atoms with van der Waals surface area (Å²) < 4.78 is 0. The van der Waals surface area contributed by atoms with Gasteiger partial charge in [0.25, 0.3) is 0 Å². The molecule has 1 saturated heterocycles. The average Bonchev–Trinajstić information content (AvgIpc) is 2.85. The van der Waals surface area contributed by atoms with E-state index >= 15 is 0 Å². The van der Waals surface area contributed by atoms with Gasteiger partial charge in [0, 0.05) is 11.6 Å². The first kappa shape index (κ1) is 14.4. The number of ketones is 1. The quantitative estimate of drug-likeness (QED) is 0.769. The maximum Gasteiger partial charge on any atom is 0.176 e. The molecular weight excluding hydrogens is 293 g/mol. The van der Waals surface area contributed by atoms with E-state index in [1.165, 1.54) is 32.1 Å². The monoisotopic (exact) mass is 311 g/mol. The number of halogens is 2. The van der Waals surface area contributed by atoms with E-state index < -0.39 is 0 Å². The second kappa shape index (κ2) is 6.05. The SMILES string of the molecule is O=C(CN1CCC2CCCCC21)c1ccc(Cl)c(Cl)c1. The molecule has 0 aromatic heterocycles. The highest BCUT2D eigenvalue weighted by molar-refractivity contribution is 6.42. The number of hydrogen-bond donors (Lipinski definition) is 0. The van der Waals surface area contributed by atoms with Crippen LogP contribution < -0.4 is 0 Å². The lowest BCUT2D eigenvalue weighted by molar-refractivity contribution is 0.0896. The molecular formula is C16H19Cl2NO. The molecule has 4 heteroatoms. The van der Waals surface area contributed by atoms with Crippen LogP contribution in [0, 0.1) is 5.92 Å². The lowest BCUT2D eigenvalue weighted by atomic mass is 9.85. The fourth-order valence-electron chi connectivity index (χ4n) is 3.64. The van der Waals surface area contributed by atoms with Crippen LogP contribution in [-0.4, -0.2) is 29.8 Å². The van der Waals surface area contributed by atoms with E-state index in [0.717, 1.165) is 12.5 Å². The van der Waals surface area contributed by atoms with Crippen molar-refractivity contribution >= 4 is 29.0 Å². The van der Waals surface area contributed by atoms with E-state index in [1.807, 2.05) is 0 Å². The molecule has 1 heterocycles. The second-order valence-corrected chi connectivity index (χ2v) is 6.74. The van der Waals surface area contributed by atoms with Crippen LogP contribution in [0.2, 0.25) is 10.0 Å². The van der Waals surface area contributed by atoms with E-state index in [0.29, 0.717) is 28.2 Å². The Hall–Kier alpha value is -0.570. The van der Waals surface area contributed by atoms with Crippen LogP contribution in [-0.2, 0) is 0 Å². The van der Waals surface area contributed by atoms with Gasteiger partial charge in [-0.3, -0.25) is 9.69 Å². The molecule has 2 unspecified atom stereocenters. The Labute approximate surface area is 130 Å². The Kier molecular flexibility index (Phi) is 4.34. The molecule has 0 spiro atoms. The van der Waals surface area contributed by atoms with Crippen molar-refractivity contribution in [3.63, 3.8) is 0 Å². The van der Waals surface area contributed by atoms with Crippen molar-refractivity contribution in [1.82, 2.24) is 4.90 Å². The molecule has 108 valence electrons. The first-order chi connectivity index (χ1) is 9.65. The van der Waals surface area contributed by atoms with Gasteiger partial charge in [0.05, 0.1) is 16.6 Å². The van der Waals surface area contributed by atoms with Crippen molar-refractivity contribution in [3.05, 3.63) is 33.8 Å². The van der Waals surface area contributed by atoms with Gasteiger partial charge < -0.3 is 0 Å². The summed E-state index contributed by atoms with van der Waals surface area (Å²) in [5.74, 6) is 0.958. The molecule has 0 radical (unpaired) electrons. The highest BCUT2D eigenvalue weighted by Gasteiger charge is 2.36. The van der Waals surface area contributed by atoms with Crippen molar-refractivity contribution in [3.8, 4) is 0 Å². The van der Waals surface area contributed by atoms with Crippen LogP contribution in [0.25, 0.3) is 0 Å². The van der Waals surface area contributed by atoms with Gasteiger partial charge in [-0.15, -0.1) is 0 Å². The van der Waals surface area contributed by atoms with Gasteiger partial charge in [0.2, 0.25) is 0 Å². The first-order valence-corrected chi connectivity index (χ1v) is 8.13. The second-order valence-electron chi connectivity index (χ2n) is 5.92. The summed E-state index contributed by atoms with van der Waals surface area (Å²) in [6, 6.07) is 5.77. The predicted octanol–water partition coefficient (Wildman–Crippen LogP) is 4.44. The Balaban J connectivity index is 1.68. The summed E-state index contributed by atoms with van der Waals surface area (Å²) in [6.45, 7) is 1.57. The minimum atomic E-state index is 0.148. The summed E-state index contributed by atoms with van der Waals surface area (Å²) in [6.07, 6.45) is 6.50. The molecule has 1 aliphatic heterocycles. The zero-order valence-electron chi connectivity index (χ0n) is 11.4. The van der Waals surface area contributed by atoms with E-state index in [1.54, 1.807) is 18.2 Å². The highest BCUT2D eigenvalue weighted by Crippen LogP contribution is 2.36. The first-order valence-electron chi connectivity index (χ1n) is 7.37. The van der Waals surface area contributed by atoms with Crippen LogP contribution in [0.3, 0.4) is 0 Å². The number of fused-ring (bicyclic) bond motifs is 1. The van der Waals surface area contributed by atoms with Gasteiger partial charge in [0.1, 0.15) is 0 Å². The Morgan fingerprint density at radius 3 is 2.75 bits per heavy atom. The minimum absolute atomic E-state index is 0.148. The maximum absolute atomic E-state index is 12.4. The zero-order valence-corrected chi connectivity index (χ0v) is 13.0. The summed E-state index contributed by atoms with van der Waals surface area (Å²) in [5, 5.41) is 0.950. The van der Waals surface area contributed by atoms with Gasteiger partial charge >= 0.3 is 0 Å². The van der Waals surface area contributed by atoms with Crippen LogP contribution in [0.4, 0.5) is 0 Å². The number of benzene rings is 1. The van der Waals surface area contributed by atoms with E-state index in [4.69, 9.17) is 23.2 Å². The maximum atomic E-state index is 12.4. The molecule has 0 N–H and O–H groups in total. The standard InChI is InChI=1S/C16H19Cl2NO/c17-13-6-5-12(9-14(13)18)16(20)10-19-8-7-11-3-1-2-4-15(11)19/h5-6,9,11,15H,1-4,7-8,10H2. The van der Waals surface area contributed by atoms with Crippen LogP contribution in [0.15, 0.2) is 18.2 Å². The van der Waals surface area contributed by atoms with Crippen molar-refractivity contribution in [2.24, 2.45) is 5.92 Å². The number of carbonyl (C=O) groups excluding carboxylic acids is 1. The minimum Gasteiger partial charge on any atom is -0.293 e. The molecule has 2 aliphatic rings. The van der Waals surface area contributed by atoms with Crippen molar-refractivity contribution in [2.75, 3.05) is 13.1 Å². The third kappa shape index (κ3) is 2.88. The van der Waals surface area contributed by atoms with Gasteiger partial charge in [-0.25, -0.2) is 0 Å². The van der Waals surface area contributed by atoms with E-state index in [-0.39, 0.29) is 5.78 Å².